The first-order valence-electron chi connectivity index (χ1n) is 11.4. The lowest BCUT2D eigenvalue weighted by atomic mass is 10.0. The van der Waals surface area contributed by atoms with E-state index in [-0.39, 0.29) is 6.10 Å². The van der Waals surface area contributed by atoms with Crippen LogP contribution >= 0.6 is 0 Å². The molecule has 0 aliphatic rings. The average Bonchev–Trinajstić information content (AvgIpc) is 2.71. The van der Waals surface area contributed by atoms with Crippen LogP contribution in [0.3, 0.4) is 0 Å². The zero-order chi connectivity index (χ0) is 22.2. The fourth-order valence-electron chi connectivity index (χ4n) is 3.35. The molecule has 1 aromatic carbocycles. The molecule has 0 bridgehead atoms. The molecular formula is C24H39F3O3. The highest BCUT2D eigenvalue weighted by Gasteiger charge is 2.30. The van der Waals surface area contributed by atoms with Crippen molar-refractivity contribution in [3.05, 3.63) is 35.4 Å². The molecule has 0 aliphatic heterocycles. The summed E-state index contributed by atoms with van der Waals surface area (Å²) in [4.78, 5) is 0. The van der Waals surface area contributed by atoms with E-state index in [2.05, 4.69) is 6.92 Å². The second-order valence-electron chi connectivity index (χ2n) is 7.60. The molecule has 1 atom stereocenters. The van der Waals surface area contributed by atoms with E-state index in [0.29, 0.717) is 19.6 Å². The molecule has 174 valence electrons. The minimum Gasteiger partial charge on any atom is -0.330 e. The summed E-state index contributed by atoms with van der Waals surface area (Å²) in [5.74, 6) is 0. The monoisotopic (exact) mass is 432 g/mol. The first-order valence-corrected chi connectivity index (χ1v) is 11.4. The Morgan fingerprint density at radius 1 is 0.767 bits per heavy atom. The van der Waals surface area contributed by atoms with Crippen molar-refractivity contribution in [2.24, 2.45) is 0 Å². The topological polar surface area (TPSA) is 27.7 Å². The number of hydrogen-bond donors (Lipinski definition) is 0. The Bertz CT molecular complexity index is 525. The fourth-order valence-corrected chi connectivity index (χ4v) is 3.35. The highest BCUT2D eigenvalue weighted by Crippen LogP contribution is 2.29. The van der Waals surface area contributed by atoms with Gasteiger partial charge in [0.15, 0.2) is 0 Å². The first kappa shape index (κ1) is 26.9. The van der Waals surface area contributed by atoms with Crippen molar-refractivity contribution >= 4 is 0 Å². The van der Waals surface area contributed by atoms with Gasteiger partial charge in [-0.1, -0.05) is 64.0 Å². The molecule has 0 aromatic heterocycles. The fraction of sp³-hybridized carbons (Fsp3) is 0.750. The van der Waals surface area contributed by atoms with Crippen molar-refractivity contribution in [1.82, 2.24) is 0 Å². The van der Waals surface area contributed by atoms with Gasteiger partial charge in [0, 0.05) is 13.2 Å². The molecule has 1 unspecified atom stereocenters. The predicted octanol–water partition coefficient (Wildman–Crippen LogP) is 7.52. The van der Waals surface area contributed by atoms with Crippen LogP contribution in [0.2, 0.25) is 0 Å². The van der Waals surface area contributed by atoms with Crippen molar-refractivity contribution in [1.29, 1.82) is 0 Å². The van der Waals surface area contributed by atoms with Gasteiger partial charge in [-0.2, -0.15) is 13.2 Å². The van der Waals surface area contributed by atoms with E-state index in [4.69, 9.17) is 14.2 Å². The van der Waals surface area contributed by atoms with E-state index in [0.717, 1.165) is 43.4 Å². The maximum absolute atomic E-state index is 12.7. The van der Waals surface area contributed by atoms with E-state index < -0.39 is 18.2 Å². The van der Waals surface area contributed by atoms with Crippen LogP contribution in [0.5, 0.6) is 0 Å². The lowest BCUT2D eigenvalue weighted by Crippen LogP contribution is -2.28. The third-order valence-electron chi connectivity index (χ3n) is 5.07. The summed E-state index contributed by atoms with van der Waals surface area (Å²) in [6, 6.07) is 5.39. The predicted molar refractivity (Wildman–Crippen MR) is 114 cm³/mol. The van der Waals surface area contributed by atoms with Crippen molar-refractivity contribution in [3.63, 3.8) is 0 Å². The third-order valence-corrected chi connectivity index (χ3v) is 5.07. The number of hydrogen-bond acceptors (Lipinski definition) is 3. The minimum absolute atomic E-state index is 0.0500. The number of alkyl halides is 3. The minimum atomic E-state index is -4.30. The van der Waals surface area contributed by atoms with Crippen molar-refractivity contribution in [3.8, 4) is 0 Å². The Morgan fingerprint density at radius 2 is 1.33 bits per heavy atom. The van der Waals surface area contributed by atoms with Crippen molar-refractivity contribution < 1.29 is 27.4 Å². The third kappa shape index (κ3) is 11.9. The summed E-state index contributed by atoms with van der Waals surface area (Å²) >= 11 is 0. The summed E-state index contributed by atoms with van der Waals surface area (Å²) in [6.45, 7) is 6.29. The van der Waals surface area contributed by atoms with Crippen LogP contribution in [-0.4, -0.2) is 25.8 Å². The molecule has 0 saturated heterocycles. The van der Waals surface area contributed by atoms with Crippen LogP contribution in [0.25, 0.3) is 0 Å². The number of benzene rings is 1. The number of aryl methyl sites for hydroxylation is 1. The standard InChI is InChI=1S/C24H39F3O3/c1-4-7-8-9-10-11-12-13-22(30-23(28-5-2)29-6-3)19-16-20-14-17-21(18-15-20)24(25,26)27/h14-15,17-18,22-23H,4-13,16,19H2,1-3H3. The maximum Gasteiger partial charge on any atom is 0.416 e. The largest absolute Gasteiger partial charge is 0.416 e. The van der Waals surface area contributed by atoms with Crippen molar-refractivity contribution in [2.75, 3.05) is 13.2 Å². The second kappa shape index (κ2) is 15.7. The van der Waals surface area contributed by atoms with E-state index in [1.54, 1.807) is 12.1 Å². The smallest absolute Gasteiger partial charge is 0.330 e. The summed E-state index contributed by atoms with van der Waals surface area (Å²) < 4.78 is 55.3. The molecule has 0 N–H and O–H groups in total. The molecule has 0 saturated carbocycles. The van der Waals surface area contributed by atoms with Gasteiger partial charge in [0.2, 0.25) is 0 Å². The highest BCUT2D eigenvalue weighted by atomic mass is 19.4. The summed E-state index contributed by atoms with van der Waals surface area (Å²) in [6.07, 6.45) is 6.48. The molecule has 1 aromatic rings. The van der Waals surface area contributed by atoms with Crippen LogP contribution in [0.4, 0.5) is 13.2 Å². The SMILES string of the molecule is CCCCCCCCCC(CCc1ccc(C(F)(F)F)cc1)OC(OCC)OCC. The average molecular weight is 433 g/mol. The zero-order valence-electron chi connectivity index (χ0n) is 18.8. The van der Waals surface area contributed by atoms with Crippen LogP contribution in [-0.2, 0) is 26.8 Å². The zero-order valence-corrected chi connectivity index (χ0v) is 18.8. The summed E-state index contributed by atoms with van der Waals surface area (Å²) in [5, 5.41) is 0. The maximum atomic E-state index is 12.7. The molecule has 3 nitrogen and oxygen atoms in total. The molecule has 0 radical (unpaired) electrons. The lowest BCUT2D eigenvalue weighted by Gasteiger charge is -2.24. The second-order valence-corrected chi connectivity index (χ2v) is 7.60. The number of rotatable bonds is 17. The van der Waals surface area contributed by atoms with Gasteiger partial charge in [0.1, 0.15) is 0 Å². The van der Waals surface area contributed by atoms with E-state index in [1.165, 1.54) is 32.1 Å². The van der Waals surface area contributed by atoms with Gasteiger partial charge in [0.25, 0.3) is 6.48 Å². The molecule has 0 amide bonds. The van der Waals surface area contributed by atoms with Crippen LogP contribution in [0, 0.1) is 0 Å². The molecule has 0 heterocycles. The molecule has 6 heteroatoms. The van der Waals surface area contributed by atoms with Gasteiger partial charge in [0.05, 0.1) is 11.7 Å². The molecular weight excluding hydrogens is 393 g/mol. The summed E-state index contributed by atoms with van der Waals surface area (Å²) in [5.41, 5.74) is 0.260. The van der Waals surface area contributed by atoms with Gasteiger partial charge < -0.3 is 14.2 Å². The molecule has 0 aliphatic carbocycles. The Labute approximate surface area is 180 Å². The van der Waals surface area contributed by atoms with Crippen molar-refractivity contribution in [2.45, 2.75) is 104 Å². The molecule has 1 rings (SSSR count). The molecule has 30 heavy (non-hydrogen) atoms. The van der Waals surface area contributed by atoms with Gasteiger partial charge in [-0.15, -0.1) is 0 Å². The molecule has 0 spiro atoms. The number of halogens is 3. The van der Waals surface area contributed by atoms with E-state index in [9.17, 15) is 13.2 Å². The highest BCUT2D eigenvalue weighted by molar-refractivity contribution is 5.24. The Hall–Kier alpha value is -1.11. The number of ether oxygens (including phenoxy) is 3. The van der Waals surface area contributed by atoms with Gasteiger partial charge in [-0.3, -0.25) is 0 Å². The van der Waals surface area contributed by atoms with Crippen LogP contribution in [0.15, 0.2) is 24.3 Å². The van der Waals surface area contributed by atoms with Gasteiger partial charge >= 0.3 is 6.18 Å². The van der Waals surface area contributed by atoms with E-state index in [1.807, 2.05) is 13.8 Å². The number of unbranched alkanes of at least 4 members (excludes halogenated alkanes) is 6. The quantitative estimate of drug-likeness (QED) is 0.188. The Morgan fingerprint density at radius 3 is 1.87 bits per heavy atom. The lowest BCUT2D eigenvalue weighted by molar-refractivity contribution is -0.302. The summed E-state index contributed by atoms with van der Waals surface area (Å²) in [7, 11) is 0. The Kier molecular flexibility index (Phi) is 14.1. The Balaban J connectivity index is 2.56. The first-order chi connectivity index (χ1) is 14.4. The van der Waals surface area contributed by atoms with Gasteiger partial charge in [-0.25, -0.2) is 0 Å². The van der Waals surface area contributed by atoms with Crippen LogP contribution in [0.1, 0.15) is 89.7 Å². The van der Waals surface area contributed by atoms with E-state index >= 15 is 0 Å². The van der Waals surface area contributed by atoms with Crippen LogP contribution < -0.4 is 0 Å². The normalized spacial score (nSPS) is 13.2. The van der Waals surface area contributed by atoms with Gasteiger partial charge in [-0.05, 0) is 50.8 Å². The molecule has 0 fully saturated rings.